The van der Waals surface area contributed by atoms with Gasteiger partial charge in [-0.15, -0.1) is 0 Å². The summed E-state index contributed by atoms with van der Waals surface area (Å²) in [6, 6.07) is 13.0. The van der Waals surface area contributed by atoms with E-state index in [-0.39, 0.29) is 5.82 Å². The van der Waals surface area contributed by atoms with Crippen molar-refractivity contribution in [3.8, 4) is 11.3 Å². The average Bonchev–Trinajstić information content (AvgIpc) is 2.47. The number of halogens is 1. The molecule has 3 heteroatoms. The fraction of sp³-hybridized carbons (Fsp3) is 0.118. The molecule has 1 heterocycles. The zero-order chi connectivity index (χ0) is 14.3. The van der Waals surface area contributed by atoms with Crippen LogP contribution >= 0.6 is 0 Å². The normalized spacial score (nSPS) is 10.9. The molecule has 0 spiro atoms. The summed E-state index contributed by atoms with van der Waals surface area (Å²) in [4.78, 5) is 4.65. The summed E-state index contributed by atoms with van der Waals surface area (Å²) in [5.74, 6) is -0.257. The smallest absolute Gasteiger partial charge is 0.128 e. The molecule has 100 valence electrons. The minimum absolute atomic E-state index is 0.257. The van der Waals surface area contributed by atoms with E-state index in [0.29, 0.717) is 16.8 Å². The van der Waals surface area contributed by atoms with Crippen LogP contribution in [0.1, 0.15) is 11.1 Å². The molecule has 0 bridgehead atoms. The van der Waals surface area contributed by atoms with Gasteiger partial charge in [-0.1, -0.05) is 30.3 Å². The number of pyridine rings is 1. The van der Waals surface area contributed by atoms with Gasteiger partial charge in [0.05, 0.1) is 11.2 Å². The van der Waals surface area contributed by atoms with Gasteiger partial charge in [0.15, 0.2) is 0 Å². The van der Waals surface area contributed by atoms with Crippen LogP contribution in [0.5, 0.6) is 0 Å². The second-order valence-corrected chi connectivity index (χ2v) is 4.93. The SMILES string of the molecule is Cc1c(-c2ccccc2)nc2c(C)c(F)ccc2c1N. The van der Waals surface area contributed by atoms with Gasteiger partial charge in [0.1, 0.15) is 5.82 Å². The molecule has 2 N–H and O–H groups in total. The third kappa shape index (κ3) is 1.83. The van der Waals surface area contributed by atoms with Crippen LogP contribution in [0.25, 0.3) is 22.2 Å². The van der Waals surface area contributed by atoms with Crippen molar-refractivity contribution in [3.63, 3.8) is 0 Å². The van der Waals surface area contributed by atoms with E-state index in [1.165, 1.54) is 6.07 Å². The Bertz CT molecular complexity index is 795. The predicted molar refractivity (Wildman–Crippen MR) is 81.0 cm³/mol. The van der Waals surface area contributed by atoms with Crippen molar-refractivity contribution in [2.45, 2.75) is 13.8 Å². The maximum atomic E-state index is 13.7. The highest BCUT2D eigenvalue weighted by atomic mass is 19.1. The van der Waals surface area contributed by atoms with Gasteiger partial charge in [-0.25, -0.2) is 9.37 Å². The summed E-state index contributed by atoms with van der Waals surface area (Å²) in [5.41, 5.74) is 10.8. The van der Waals surface area contributed by atoms with Crippen LogP contribution in [-0.2, 0) is 0 Å². The van der Waals surface area contributed by atoms with E-state index in [1.807, 2.05) is 37.3 Å². The molecule has 0 amide bonds. The molecule has 0 unspecified atom stereocenters. The molecule has 0 saturated heterocycles. The highest BCUT2D eigenvalue weighted by Gasteiger charge is 2.13. The van der Waals surface area contributed by atoms with Crippen molar-refractivity contribution < 1.29 is 4.39 Å². The van der Waals surface area contributed by atoms with Crippen molar-refractivity contribution in [3.05, 3.63) is 59.4 Å². The number of rotatable bonds is 1. The first-order valence-electron chi connectivity index (χ1n) is 6.50. The largest absolute Gasteiger partial charge is 0.398 e. The van der Waals surface area contributed by atoms with Crippen LogP contribution in [0, 0.1) is 19.7 Å². The van der Waals surface area contributed by atoms with E-state index >= 15 is 0 Å². The highest BCUT2D eigenvalue weighted by Crippen LogP contribution is 2.33. The Morgan fingerprint density at radius 1 is 0.950 bits per heavy atom. The predicted octanol–water partition coefficient (Wildman–Crippen LogP) is 4.24. The Morgan fingerprint density at radius 2 is 1.65 bits per heavy atom. The van der Waals surface area contributed by atoms with Crippen molar-refractivity contribution in [1.82, 2.24) is 4.98 Å². The van der Waals surface area contributed by atoms with Gasteiger partial charge in [0, 0.05) is 22.2 Å². The summed E-state index contributed by atoms with van der Waals surface area (Å²) in [6.07, 6.45) is 0. The van der Waals surface area contributed by atoms with Gasteiger partial charge in [-0.05, 0) is 31.5 Å². The Labute approximate surface area is 117 Å². The summed E-state index contributed by atoms with van der Waals surface area (Å²) in [7, 11) is 0. The lowest BCUT2D eigenvalue weighted by Crippen LogP contribution is -2.00. The first kappa shape index (κ1) is 12.6. The lowest BCUT2D eigenvalue weighted by atomic mass is 10.0. The molecule has 2 aromatic carbocycles. The highest BCUT2D eigenvalue weighted by molar-refractivity contribution is 5.96. The average molecular weight is 266 g/mol. The van der Waals surface area contributed by atoms with Gasteiger partial charge in [-0.3, -0.25) is 0 Å². The van der Waals surface area contributed by atoms with E-state index < -0.39 is 0 Å². The van der Waals surface area contributed by atoms with Gasteiger partial charge < -0.3 is 5.73 Å². The zero-order valence-corrected chi connectivity index (χ0v) is 11.4. The maximum absolute atomic E-state index is 13.7. The fourth-order valence-electron chi connectivity index (χ4n) is 2.44. The number of aromatic nitrogens is 1. The molecule has 2 nitrogen and oxygen atoms in total. The topological polar surface area (TPSA) is 38.9 Å². The molecule has 0 saturated carbocycles. The van der Waals surface area contributed by atoms with Gasteiger partial charge in [0.2, 0.25) is 0 Å². The van der Waals surface area contributed by atoms with Crippen LogP contribution in [-0.4, -0.2) is 4.98 Å². The number of fused-ring (bicyclic) bond motifs is 1. The van der Waals surface area contributed by atoms with E-state index in [9.17, 15) is 4.39 Å². The number of nitrogen functional groups attached to an aromatic ring is 1. The number of hydrogen-bond donors (Lipinski definition) is 1. The second-order valence-electron chi connectivity index (χ2n) is 4.93. The molecule has 0 aliphatic rings. The number of nitrogens with zero attached hydrogens (tertiary/aromatic N) is 1. The number of hydrogen-bond acceptors (Lipinski definition) is 2. The number of aryl methyl sites for hydroxylation is 1. The summed E-state index contributed by atoms with van der Waals surface area (Å²) in [5, 5.41) is 0.807. The Morgan fingerprint density at radius 3 is 2.35 bits per heavy atom. The van der Waals surface area contributed by atoms with E-state index in [0.717, 1.165) is 22.2 Å². The van der Waals surface area contributed by atoms with Crippen LogP contribution in [0.3, 0.4) is 0 Å². The lowest BCUT2D eigenvalue weighted by Gasteiger charge is -2.13. The summed E-state index contributed by atoms with van der Waals surface area (Å²) in [6.45, 7) is 3.68. The molecular formula is C17H15FN2. The quantitative estimate of drug-likeness (QED) is 0.715. The molecule has 20 heavy (non-hydrogen) atoms. The molecule has 0 fully saturated rings. The third-order valence-corrected chi connectivity index (χ3v) is 3.69. The monoisotopic (exact) mass is 266 g/mol. The van der Waals surface area contributed by atoms with Gasteiger partial charge >= 0.3 is 0 Å². The lowest BCUT2D eigenvalue weighted by molar-refractivity contribution is 0.620. The van der Waals surface area contributed by atoms with Crippen molar-refractivity contribution in [2.75, 3.05) is 5.73 Å². The summed E-state index contributed by atoms with van der Waals surface area (Å²) < 4.78 is 13.7. The minimum atomic E-state index is -0.257. The van der Waals surface area contributed by atoms with Crippen LogP contribution in [0.4, 0.5) is 10.1 Å². The van der Waals surface area contributed by atoms with Crippen LogP contribution < -0.4 is 5.73 Å². The molecular weight excluding hydrogens is 251 g/mol. The molecule has 0 aliphatic carbocycles. The first-order chi connectivity index (χ1) is 9.59. The van der Waals surface area contributed by atoms with E-state index in [2.05, 4.69) is 4.98 Å². The van der Waals surface area contributed by atoms with Crippen LogP contribution in [0.2, 0.25) is 0 Å². The molecule has 3 rings (SSSR count). The first-order valence-corrected chi connectivity index (χ1v) is 6.50. The fourth-order valence-corrected chi connectivity index (χ4v) is 2.44. The Balaban J connectivity index is 2.40. The van der Waals surface area contributed by atoms with Crippen molar-refractivity contribution >= 4 is 16.6 Å². The molecule has 0 aliphatic heterocycles. The van der Waals surface area contributed by atoms with Crippen molar-refractivity contribution in [1.29, 1.82) is 0 Å². The van der Waals surface area contributed by atoms with Gasteiger partial charge in [0.25, 0.3) is 0 Å². The zero-order valence-electron chi connectivity index (χ0n) is 11.4. The third-order valence-electron chi connectivity index (χ3n) is 3.69. The van der Waals surface area contributed by atoms with Gasteiger partial charge in [-0.2, -0.15) is 0 Å². The van der Waals surface area contributed by atoms with Crippen LogP contribution in [0.15, 0.2) is 42.5 Å². The van der Waals surface area contributed by atoms with Crippen molar-refractivity contribution in [2.24, 2.45) is 0 Å². The Kier molecular flexibility index (Phi) is 2.90. The number of benzene rings is 2. The summed E-state index contributed by atoms with van der Waals surface area (Å²) >= 11 is 0. The van der Waals surface area contributed by atoms with E-state index in [1.54, 1.807) is 13.0 Å². The maximum Gasteiger partial charge on any atom is 0.128 e. The molecule has 0 atom stereocenters. The standard InChI is InChI=1S/C17H15FN2/c1-10-14(18)9-8-13-15(19)11(2)16(20-17(10)13)12-6-4-3-5-7-12/h3-9H,1-2H3,(H2,19,20). The molecule has 3 aromatic rings. The molecule has 1 aromatic heterocycles. The van der Waals surface area contributed by atoms with E-state index in [4.69, 9.17) is 5.73 Å². The Hall–Kier alpha value is -2.42. The number of anilines is 1. The molecule has 0 radical (unpaired) electrons. The number of nitrogens with two attached hydrogens (primary N) is 1. The minimum Gasteiger partial charge on any atom is -0.398 e. The second kappa shape index (κ2) is 4.60.